The van der Waals surface area contributed by atoms with Gasteiger partial charge in [-0.3, -0.25) is 5.41 Å². The molecule has 0 atom stereocenters. The smallest absolute Gasteiger partial charge is 0.351 e. The predicted molar refractivity (Wildman–Crippen MR) is 276 cm³/mol. The Morgan fingerprint density at radius 2 is 1.25 bits per heavy atom. The maximum atomic E-state index is 12.7. The molecule has 0 radical (unpaired) electrons. The molecule has 0 saturated carbocycles. The molecule has 3 heterocycles. The zero-order valence-electron chi connectivity index (χ0n) is 40.1. The van der Waals surface area contributed by atoms with Gasteiger partial charge in [-0.1, -0.05) is 48.5 Å². The number of halogens is 3. The molecular formula is C54H63Cl2IN8O2. The number of rotatable bonds is 11. The first kappa shape index (κ1) is 55.2. The number of nitrogens with one attached hydrogen (secondary N) is 2. The summed E-state index contributed by atoms with van der Waals surface area (Å²) in [4.78, 5) is 18.9. The van der Waals surface area contributed by atoms with Gasteiger partial charge >= 0.3 is 5.63 Å². The van der Waals surface area contributed by atoms with Gasteiger partial charge in [0.2, 0.25) is 5.69 Å². The lowest BCUT2D eigenvalue weighted by molar-refractivity contribution is -0.695. The van der Waals surface area contributed by atoms with Gasteiger partial charge in [0.1, 0.15) is 12.1 Å². The van der Waals surface area contributed by atoms with Crippen molar-refractivity contribution in [2.24, 2.45) is 14.1 Å². The molecule has 0 amide bonds. The third kappa shape index (κ3) is 13.7. The largest absolute Gasteiger partial charge is 1.00 e. The van der Waals surface area contributed by atoms with Gasteiger partial charge in [-0.2, -0.15) is 4.57 Å². The van der Waals surface area contributed by atoms with E-state index in [9.17, 15) is 4.79 Å². The highest BCUT2D eigenvalue weighted by Gasteiger charge is 2.25. The SMILES string of the molecule is CCNc1ccc2cc(-c3n(C)c4ccccc4[n+]3C)c(=O)oc2c1.CC[n+]1ccccc1/C=C/c1ccc(N(C)C)cc1.CN(C)c1ccc(C(=N)c2ccc(N(C)C)cc2)cc1.Cl.[Cl-].[I-]. The molecule has 352 valence electrons. The number of benzene rings is 5. The van der Waals surface area contributed by atoms with E-state index in [1.165, 1.54) is 16.9 Å². The van der Waals surface area contributed by atoms with Crippen molar-refractivity contribution in [3.8, 4) is 11.4 Å². The summed E-state index contributed by atoms with van der Waals surface area (Å²) in [7, 11) is 16.1. The van der Waals surface area contributed by atoms with Gasteiger partial charge in [-0.25, -0.2) is 13.9 Å². The molecule has 8 rings (SSSR count). The molecule has 67 heavy (non-hydrogen) atoms. The van der Waals surface area contributed by atoms with Crippen molar-refractivity contribution in [3.05, 3.63) is 179 Å². The van der Waals surface area contributed by atoms with Crippen molar-refractivity contribution in [2.75, 3.05) is 68.8 Å². The van der Waals surface area contributed by atoms with E-state index in [1.54, 1.807) is 0 Å². The topological polar surface area (TPSA) is 88.5 Å². The summed E-state index contributed by atoms with van der Waals surface area (Å²) in [5, 5.41) is 12.4. The van der Waals surface area contributed by atoms with Gasteiger partial charge in [0.25, 0.3) is 5.82 Å². The lowest BCUT2D eigenvalue weighted by Gasteiger charge is -2.14. The summed E-state index contributed by atoms with van der Waals surface area (Å²) in [6, 6.07) is 46.8. The second-order valence-electron chi connectivity index (χ2n) is 16.1. The van der Waals surface area contributed by atoms with Crippen LogP contribution in [0, 0.1) is 5.41 Å². The zero-order valence-corrected chi connectivity index (χ0v) is 43.8. The predicted octanol–water partition coefficient (Wildman–Crippen LogP) is 4.10. The maximum Gasteiger partial charge on any atom is 0.351 e. The van der Waals surface area contributed by atoms with Gasteiger partial charge in [-0.15, -0.1) is 12.4 Å². The number of nitrogens with zero attached hydrogens (tertiary/aromatic N) is 6. The monoisotopic (exact) mass is 1050 g/mol. The van der Waals surface area contributed by atoms with E-state index in [1.807, 2.05) is 155 Å². The molecule has 0 bridgehead atoms. The molecule has 0 spiro atoms. The molecule has 8 aromatic rings. The first-order chi connectivity index (χ1) is 30.8. The number of hydrogen-bond donors (Lipinski definition) is 2. The third-order valence-corrected chi connectivity index (χ3v) is 11.1. The number of fused-ring (bicyclic) bond motifs is 2. The average Bonchev–Trinajstić information content (AvgIpc) is 3.56. The summed E-state index contributed by atoms with van der Waals surface area (Å²) >= 11 is 0. The molecule has 0 unspecified atom stereocenters. The Kier molecular flexibility index (Phi) is 21.1. The number of aryl methyl sites for hydroxylation is 3. The summed E-state index contributed by atoms with van der Waals surface area (Å²) in [5.41, 5.74) is 12.3. The highest BCUT2D eigenvalue weighted by molar-refractivity contribution is 6.11. The van der Waals surface area contributed by atoms with Crippen LogP contribution >= 0.6 is 12.4 Å². The minimum Gasteiger partial charge on any atom is -1.00 e. The molecule has 0 saturated heterocycles. The lowest BCUT2D eigenvalue weighted by atomic mass is 10.0. The van der Waals surface area contributed by atoms with Crippen LogP contribution in [0.25, 0.3) is 45.5 Å². The van der Waals surface area contributed by atoms with E-state index >= 15 is 0 Å². The molecule has 0 fully saturated rings. The second-order valence-corrected chi connectivity index (χ2v) is 16.1. The van der Waals surface area contributed by atoms with Crippen LogP contribution in [0.5, 0.6) is 0 Å². The fraction of sp³-hybridized carbons (Fsp3) is 0.222. The first-order valence-electron chi connectivity index (χ1n) is 21.6. The summed E-state index contributed by atoms with van der Waals surface area (Å²) < 4.78 is 11.9. The minimum absolute atomic E-state index is 0. The van der Waals surface area contributed by atoms with Crippen LogP contribution in [-0.4, -0.2) is 59.1 Å². The number of imidazole rings is 1. The highest BCUT2D eigenvalue weighted by Crippen LogP contribution is 2.25. The summed E-state index contributed by atoms with van der Waals surface area (Å²) in [5.74, 6) is 0.826. The Morgan fingerprint density at radius 3 is 1.78 bits per heavy atom. The standard InChI is InChI=1S/C20H19N3O2.C17H21N3.C17H21N2.2ClH.HI/c1-4-21-14-10-9-13-11-15(20(24)25-18(13)12-14)19-22(2)16-7-5-6-8-17(16)23(19)3;1-19(2)15-9-5-13(6-10-15)17(18)14-7-11-16(12-8-14)20(3)4;1-4-19-14-6-5-7-17(19)13-10-15-8-11-16(12-9-15)18(2)3;;;/h5-12H,4H2,1-3H3;5-12,18H,1-4H3;5-14H,4H2,1-3H3;3*1H/q;;+1;;;/p-1. The molecule has 5 aromatic carbocycles. The first-order valence-corrected chi connectivity index (χ1v) is 21.6. The van der Waals surface area contributed by atoms with Crippen LogP contribution in [-0.2, 0) is 20.6 Å². The molecule has 10 nitrogen and oxygen atoms in total. The number of anilines is 4. The van der Waals surface area contributed by atoms with E-state index in [4.69, 9.17) is 9.83 Å². The zero-order chi connectivity index (χ0) is 45.9. The Bertz CT molecular complexity index is 2840. The molecule has 3 aromatic heterocycles. The Labute approximate surface area is 425 Å². The van der Waals surface area contributed by atoms with Crippen LogP contribution in [0.15, 0.2) is 155 Å². The summed E-state index contributed by atoms with van der Waals surface area (Å²) in [6.45, 7) is 5.99. The molecule has 13 heteroatoms. The van der Waals surface area contributed by atoms with Gasteiger partial charge in [-0.05, 0) is 98.3 Å². The molecule has 0 aliphatic carbocycles. The maximum absolute atomic E-state index is 12.7. The van der Waals surface area contributed by atoms with E-state index < -0.39 is 0 Å². The normalized spacial score (nSPS) is 10.4. The quantitative estimate of drug-likeness (QED) is 0.0880. The fourth-order valence-electron chi connectivity index (χ4n) is 7.44. The molecule has 2 N–H and O–H groups in total. The van der Waals surface area contributed by atoms with Crippen molar-refractivity contribution in [2.45, 2.75) is 20.4 Å². The Hall–Kier alpha value is -6.15. The number of aromatic nitrogens is 3. The van der Waals surface area contributed by atoms with Crippen LogP contribution in [0.3, 0.4) is 0 Å². The van der Waals surface area contributed by atoms with Crippen molar-refractivity contribution in [1.82, 2.24) is 4.57 Å². The molecular weight excluding hydrogens is 990 g/mol. The third-order valence-electron chi connectivity index (χ3n) is 11.1. The van der Waals surface area contributed by atoms with Crippen molar-refractivity contribution in [3.63, 3.8) is 0 Å². The fourth-order valence-corrected chi connectivity index (χ4v) is 7.44. The second kappa shape index (κ2) is 25.7. The molecule has 0 aliphatic heterocycles. The lowest BCUT2D eigenvalue weighted by Crippen LogP contribution is -3.00. The molecule has 0 aliphatic rings. The van der Waals surface area contributed by atoms with E-state index in [2.05, 4.69) is 106 Å². The van der Waals surface area contributed by atoms with Crippen molar-refractivity contribution >= 4 is 75.0 Å². The van der Waals surface area contributed by atoms with E-state index in [0.717, 1.165) is 63.5 Å². The van der Waals surface area contributed by atoms with E-state index in [0.29, 0.717) is 16.9 Å². The van der Waals surface area contributed by atoms with E-state index in [-0.39, 0.29) is 54.4 Å². The van der Waals surface area contributed by atoms with Crippen LogP contribution in [0.2, 0.25) is 0 Å². The Morgan fingerprint density at radius 1 is 0.716 bits per heavy atom. The highest BCUT2D eigenvalue weighted by atomic mass is 127. The van der Waals surface area contributed by atoms with Gasteiger partial charge in [0.15, 0.2) is 22.8 Å². The van der Waals surface area contributed by atoms with Crippen LogP contribution < -0.4 is 71.2 Å². The van der Waals surface area contributed by atoms with Crippen LogP contribution in [0.4, 0.5) is 22.7 Å². The van der Waals surface area contributed by atoms with Crippen LogP contribution in [0.1, 0.15) is 36.2 Å². The minimum atomic E-state index is -0.331. The van der Waals surface area contributed by atoms with Crippen molar-refractivity contribution in [1.29, 1.82) is 5.41 Å². The van der Waals surface area contributed by atoms with Gasteiger partial charge < -0.3 is 60.8 Å². The number of hydrogen-bond acceptors (Lipinski definition) is 7. The average molecular weight is 1050 g/mol. The Balaban J connectivity index is 0.000000264. The summed E-state index contributed by atoms with van der Waals surface area (Å²) in [6.07, 6.45) is 6.42. The van der Waals surface area contributed by atoms with Gasteiger partial charge in [0.05, 0.1) is 19.8 Å². The number of pyridine rings is 1. The van der Waals surface area contributed by atoms with Crippen molar-refractivity contribution < 1.29 is 49.9 Å². The van der Waals surface area contributed by atoms with Gasteiger partial charge in [0, 0.05) is 112 Å². The number of para-hydroxylation sites is 2.